The van der Waals surface area contributed by atoms with Crippen LogP contribution in [0, 0.1) is 22.7 Å². The molecule has 130 valence electrons. The molecule has 1 fully saturated rings. The standard InChI is InChI=1S/C20H17N3O3/c21-11-14-4-6-17(7-5-14)26-19-13-25-9-8-18(19)23-20(24)16-3-1-2-15(10-16)12-22/h1-7,10,18-19H,8-9,13H2,(H,23,24)/t18-,19-/m1/s1. The minimum absolute atomic E-state index is 0.211. The first-order valence-electron chi connectivity index (χ1n) is 8.25. The van der Waals surface area contributed by atoms with Crippen LogP contribution in [-0.4, -0.2) is 31.3 Å². The molecule has 2 aromatic carbocycles. The van der Waals surface area contributed by atoms with Gasteiger partial charge < -0.3 is 14.8 Å². The van der Waals surface area contributed by atoms with E-state index in [4.69, 9.17) is 20.0 Å². The predicted molar refractivity (Wildman–Crippen MR) is 93.4 cm³/mol. The van der Waals surface area contributed by atoms with E-state index in [9.17, 15) is 4.79 Å². The summed E-state index contributed by atoms with van der Waals surface area (Å²) in [5.41, 5.74) is 1.43. The number of hydrogen-bond donors (Lipinski definition) is 1. The summed E-state index contributed by atoms with van der Waals surface area (Å²) >= 11 is 0. The molecule has 0 spiro atoms. The quantitative estimate of drug-likeness (QED) is 0.916. The highest BCUT2D eigenvalue weighted by atomic mass is 16.5. The van der Waals surface area contributed by atoms with Crippen LogP contribution in [0.1, 0.15) is 27.9 Å². The molecule has 0 bridgehead atoms. The fourth-order valence-electron chi connectivity index (χ4n) is 2.76. The maximum absolute atomic E-state index is 12.5. The zero-order valence-corrected chi connectivity index (χ0v) is 14.0. The van der Waals surface area contributed by atoms with E-state index >= 15 is 0 Å². The zero-order chi connectivity index (χ0) is 18.4. The van der Waals surface area contributed by atoms with Crippen LogP contribution < -0.4 is 10.1 Å². The Morgan fingerprint density at radius 3 is 2.62 bits per heavy atom. The van der Waals surface area contributed by atoms with Crippen molar-refractivity contribution in [3.8, 4) is 17.9 Å². The smallest absolute Gasteiger partial charge is 0.251 e. The van der Waals surface area contributed by atoms with Crippen LogP contribution in [-0.2, 0) is 4.74 Å². The molecule has 0 saturated carbocycles. The van der Waals surface area contributed by atoms with Gasteiger partial charge in [-0.2, -0.15) is 10.5 Å². The maximum Gasteiger partial charge on any atom is 0.251 e. The van der Waals surface area contributed by atoms with Crippen molar-refractivity contribution in [1.29, 1.82) is 10.5 Å². The van der Waals surface area contributed by atoms with Gasteiger partial charge in [0, 0.05) is 12.2 Å². The SMILES string of the molecule is N#Cc1ccc(O[C@@H]2COCC[C@H]2NC(=O)c2cccc(C#N)c2)cc1. The number of hydrogen-bond acceptors (Lipinski definition) is 5. The summed E-state index contributed by atoms with van der Waals surface area (Å²) in [7, 11) is 0. The molecule has 0 aromatic heterocycles. The van der Waals surface area contributed by atoms with Crippen molar-refractivity contribution < 1.29 is 14.3 Å². The summed E-state index contributed by atoms with van der Waals surface area (Å²) in [5, 5.41) is 20.8. The first-order valence-corrected chi connectivity index (χ1v) is 8.25. The minimum atomic E-state index is -0.334. The molecule has 3 rings (SSSR count). The van der Waals surface area contributed by atoms with Gasteiger partial charge in [0.05, 0.1) is 35.9 Å². The third-order valence-corrected chi connectivity index (χ3v) is 4.15. The Balaban J connectivity index is 1.69. The van der Waals surface area contributed by atoms with Gasteiger partial charge in [-0.3, -0.25) is 4.79 Å². The monoisotopic (exact) mass is 347 g/mol. The van der Waals surface area contributed by atoms with Gasteiger partial charge in [-0.15, -0.1) is 0 Å². The third kappa shape index (κ3) is 4.18. The van der Waals surface area contributed by atoms with E-state index in [1.54, 1.807) is 48.5 Å². The fraction of sp³-hybridized carbons (Fsp3) is 0.250. The highest BCUT2D eigenvalue weighted by Gasteiger charge is 2.29. The number of ether oxygens (including phenoxy) is 2. The fourth-order valence-corrected chi connectivity index (χ4v) is 2.76. The molecule has 0 aliphatic carbocycles. The lowest BCUT2D eigenvalue weighted by Crippen LogP contribution is -2.51. The van der Waals surface area contributed by atoms with Crippen LogP contribution in [0.4, 0.5) is 0 Å². The van der Waals surface area contributed by atoms with Crippen molar-refractivity contribution in [2.45, 2.75) is 18.6 Å². The van der Waals surface area contributed by atoms with Crippen molar-refractivity contribution in [3.63, 3.8) is 0 Å². The molecule has 2 aromatic rings. The van der Waals surface area contributed by atoms with E-state index in [1.165, 1.54) is 0 Å². The van der Waals surface area contributed by atoms with Gasteiger partial charge in [-0.1, -0.05) is 6.07 Å². The highest BCUT2D eigenvalue weighted by Crippen LogP contribution is 2.19. The normalized spacial score (nSPS) is 19.0. The molecule has 1 saturated heterocycles. The molecule has 1 heterocycles. The predicted octanol–water partition coefficient (Wildman–Crippen LogP) is 2.40. The Hall–Kier alpha value is -3.35. The summed E-state index contributed by atoms with van der Waals surface area (Å²) in [6, 6.07) is 17.3. The Bertz CT molecular complexity index is 865. The van der Waals surface area contributed by atoms with Crippen LogP contribution in [0.25, 0.3) is 0 Å². The number of nitrogens with one attached hydrogen (secondary N) is 1. The molecule has 6 nitrogen and oxygen atoms in total. The molecular formula is C20H17N3O3. The van der Waals surface area contributed by atoms with Crippen molar-refractivity contribution in [2.24, 2.45) is 0 Å². The van der Waals surface area contributed by atoms with E-state index < -0.39 is 0 Å². The number of amides is 1. The topological polar surface area (TPSA) is 95.1 Å². The summed E-state index contributed by atoms with van der Waals surface area (Å²) in [4.78, 5) is 12.5. The third-order valence-electron chi connectivity index (χ3n) is 4.15. The van der Waals surface area contributed by atoms with E-state index in [1.807, 2.05) is 6.07 Å². The summed E-state index contributed by atoms with van der Waals surface area (Å²) in [6.07, 6.45) is 0.296. The Labute approximate surface area is 151 Å². The number of nitrogens with zero attached hydrogens (tertiary/aromatic N) is 2. The van der Waals surface area contributed by atoms with Gasteiger partial charge in [0.25, 0.3) is 5.91 Å². The summed E-state index contributed by atoms with van der Waals surface area (Å²) in [6.45, 7) is 0.902. The Morgan fingerprint density at radius 1 is 1.12 bits per heavy atom. The first-order chi connectivity index (χ1) is 12.7. The number of nitriles is 2. The molecular weight excluding hydrogens is 330 g/mol. The van der Waals surface area contributed by atoms with E-state index in [-0.39, 0.29) is 18.1 Å². The van der Waals surface area contributed by atoms with Gasteiger partial charge in [0.2, 0.25) is 0 Å². The van der Waals surface area contributed by atoms with Crippen molar-refractivity contribution in [2.75, 3.05) is 13.2 Å². The highest BCUT2D eigenvalue weighted by molar-refractivity contribution is 5.94. The van der Waals surface area contributed by atoms with Crippen LogP contribution in [0.15, 0.2) is 48.5 Å². The molecule has 6 heteroatoms. The van der Waals surface area contributed by atoms with Gasteiger partial charge in [-0.05, 0) is 48.9 Å². The second-order valence-electron chi connectivity index (χ2n) is 5.93. The van der Waals surface area contributed by atoms with Gasteiger partial charge in [0.15, 0.2) is 0 Å². The maximum atomic E-state index is 12.5. The average Bonchev–Trinajstić information content (AvgIpc) is 2.70. The molecule has 1 amide bonds. The molecule has 1 N–H and O–H groups in total. The number of rotatable bonds is 4. The van der Waals surface area contributed by atoms with Gasteiger partial charge in [0.1, 0.15) is 11.9 Å². The van der Waals surface area contributed by atoms with Gasteiger partial charge >= 0.3 is 0 Å². The van der Waals surface area contributed by atoms with Crippen LogP contribution in [0.2, 0.25) is 0 Å². The number of carbonyl (C=O) groups is 1. The second-order valence-corrected chi connectivity index (χ2v) is 5.93. The van der Waals surface area contributed by atoms with Crippen LogP contribution >= 0.6 is 0 Å². The lowest BCUT2D eigenvalue weighted by molar-refractivity contribution is -0.0135. The Kier molecular flexibility index (Phi) is 5.48. The Morgan fingerprint density at radius 2 is 1.88 bits per heavy atom. The summed E-state index contributed by atoms with van der Waals surface area (Å²) < 4.78 is 11.4. The van der Waals surface area contributed by atoms with Crippen molar-refractivity contribution in [1.82, 2.24) is 5.32 Å². The molecule has 0 unspecified atom stereocenters. The molecule has 0 radical (unpaired) electrons. The molecule has 26 heavy (non-hydrogen) atoms. The average molecular weight is 347 g/mol. The molecule has 1 aliphatic heterocycles. The largest absolute Gasteiger partial charge is 0.486 e. The van der Waals surface area contributed by atoms with E-state index in [0.717, 1.165) is 0 Å². The summed E-state index contributed by atoms with van der Waals surface area (Å²) in [5.74, 6) is 0.368. The van der Waals surface area contributed by atoms with Gasteiger partial charge in [-0.25, -0.2) is 0 Å². The lowest BCUT2D eigenvalue weighted by Gasteiger charge is -2.32. The minimum Gasteiger partial charge on any atom is -0.486 e. The van der Waals surface area contributed by atoms with Crippen molar-refractivity contribution >= 4 is 5.91 Å². The lowest BCUT2D eigenvalue weighted by atomic mass is 10.0. The molecule has 1 aliphatic rings. The van der Waals surface area contributed by atoms with Crippen molar-refractivity contribution in [3.05, 3.63) is 65.2 Å². The van der Waals surface area contributed by atoms with Crippen LogP contribution in [0.5, 0.6) is 5.75 Å². The number of benzene rings is 2. The number of carbonyl (C=O) groups excluding carboxylic acids is 1. The zero-order valence-electron chi connectivity index (χ0n) is 14.0. The molecule has 2 atom stereocenters. The second kappa shape index (κ2) is 8.15. The van der Waals surface area contributed by atoms with Crippen LogP contribution in [0.3, 0.4) is 0 Å². The van der Waals surface area contributed by atoms with E-state index in [0.29, 0.717) is 42.1 Å². The first kappa shape index (κ1) is 17.5. The van der Waals surface area contributed by atoms with E-state index in [2.05, 4.69) is 11.4 Å².